The molecule has 1 aliphatic heterocycles. The van der Waals surface area contributed by atoms with E-state index < -0.39 is 11.9 Å². The monoisotopic (exact) mass is 364 g/mol. The predicted molar refractivity (Wildman–Crippen MR) is 91.4 cm³/mol. The number of halogens is 2. The molecule has 0 aliphatic carbocycles. The average Bonchev–Trinajstić information content (AvgIpc) is 3.02. The summed E-state index contributed by atoms with van der Waals surface area (Å²) in [6.07, 6.45) is -0.404. The minimum atomic E-state index is -2.48. The Bertz CT molecular complexity index is 766. The molecule has 1 saturated heterocycles. The van der Waals surface area contributed by atoms with Crippen molar-refractivity contribution in [2.45, 2.75) is 10.7 Å². The third-order valence-corrected chi connectivity index (χ3v) is 4.26. The molecule has 130 valence electrons. The van der Waals surface area contributed by atoms with E-state index >= 15 is 0 Å². The number of cyclic esters (lactones) is 1. The maximum absolute atomic E-state index is 12.3. The Morgan fingerprint density at radius 1 is 1.12 bits per heavy atom. The first kappa shape index (κ1) is 17.2. The molecule has 0 spiro atoms. The number of ether oxygens (including phenoxy) is 1. The summed E-state index contributed by atoms with van der Waals surface area (Å²) in [6.45, 7) is 0.828. The van der Waals surface area contributed by atoms with E-state index in [2.05, 4.69) is 5.32 Å². The fourth-order valence-corrected chi connectivity index (χ4v) is 2.84. The fourth-order valence-electron chi connectivity index (χ4n) is 2.34. The van der Waals surface area contributed by atoms with E-state index in [4.69, 9.17) is 4.74 Å². The summed E-state index contributed by atoms with van der Waals surface area (Å²) < 4.78 is 29.4. The van der Waals surface area contributed by atoms with Gasteiger partial charge in [-0.25, -0.2) is 4.79 Å². The summed E-state index contributed by atoms with van der Waals surface area (Å²) in [4.78, 5) is 25.6. The molecule has 0 saturated carbocycles. The van der Waals surface area contributed by atoms with Gasteiger partial charge >= 0.3 is 6.09 Å². The minimum Gasteiger partial charge on any atom is -0.447 e. The summed E-state index contributed by atoms with van der Waals surface area (Å²) in [6, 6.07) is 12.7. The second-order valence-corrected chi connectivity index (χ2v) is 6.23. The summed E-state index contributed by atoms with van der Waals surface area (Å²) in [5, 5.41) is 2.70. The summed E-state index contributed by atoms with van der Waals surface area (Å²) in [5.74, 6) is -2.81. The van der Waals surface area contributed by atoms with E-state index in [1.54, 1.807) is 36.4 Å². The Morgan fingerprint density at radius 2 is 1.80 bits per heavy atom. The molecule has 1 N–H and O–H groups in total. The van der Waals surface area contributed by atoms with Gasteiger partial charge in [0.1, 0.15) is 6.61 Å². The van der Waals surface area contributed by atoms with Gasteiger partial charge in [-0.15, -0.1) is 0 Å². The van der Waals surface area contributed by atoms with Gasteiger partial charge in [-0.05, 0) is 48.5 Å². The fraction of sp³-hybridized carbons (Fsp3) is 0.176. The Hall–Kier alpha value is -2.61. The van der Waals surface area contributed by atoms with Crippen molar-refractivity contribution in [2.75, 3.05) is 23.4 Å². The zero-order valence-corrected chi connectivity index (χ0v) is 13.8. The van der Waals surface area contributed by atoms with Crippen molar-refractivity contribution in [3.8, 4) is 0 Å². The van der Waals surface area contributed by atoms with Crippen molar-refractivity contribution < 1.29 is 23.1 Å². The highest BCUT2D eigenvalue weighted by Gasteiger charge is 2.23. The van der Waals surface area contributed by atoms with Gasteiger partial charge in [0.05, 0.1) is 6.54 Å². The Labute approximate surface area is 147 Å². The molecule has 0 atom stereocenters. The van der Waals surface area contributed by atoms with Crippen molar-refractivity contribution in [3.63, 3.8) is 0 Å². The zero-order valence-electron chi connectivity index (χ0n) is 12.9. The van der Waals surface area contributed by atoms with Crippen LogP contribution in [0.4, 0.5) is 25.0 Å². The minimum absolute atomic E-state index is 0.329. The third kappa shape index (κ3) is 4.27. The second-order valence-electron chi connectivity index (χ2n) is 5.17. The number of nitrogens with one attached hydrogen (secondary N) is 1. The number of amides is 2. The molecule has 8 heteroatoms. The first-order chi connectivity index (χ1) is 12.0. The van der Waals surface area contributed by atoms with E-state index in [1.807, 2.05) is 0 Å². The quantitative estimate of drug-likeness (QED) is 0.808. The first-order valence-electron chi connectivity index (χ1n) is 7.43. The van der Waals surface area contributed by atoms with E-state index in [0.717, 1.165) is 0 Å². The highest BCUT2D eigenvalue weighted by Crippen LogP contribution is 2.26. The molecular formula is C17H14F2N2O3S. The number of anilines is 2. The van der Waals surface area contributed by atoms with E-state index in [-0.39, 0.29) is 5.91 Å². The van der Waals surface area contributed by atoms with Gasteiger partial charge in [0.2, 0.25) is 0 Å². The maximum Gasteiger partial charge on any atom is 0.414 e. The molecule has 5 nitrogen and oxygen atoms in total. The zero-order chi connectivity index (χ0) is 17.8. The summed E-state index contributed by atoms with van der Waals surface area (Å²) >= 11 is 0.448. The highest BCUT2D eigenvalue weighted by molar-refractivity contribution is 7.99. The van der Waals surface area contributed by atoms with Gasteiger partial charge in [-0.3, -0.25) is 9.69 Å². The van der Waals surface area contributed by atoms with Crippen LogP contribution in [0.3, 0.4) is 0 Å². The van der Waals surface area contributed by atoms with Crippen LogP contribution in [0, 0.1) is 0 Å². The van der Waals surface area contributed by atoms with Gasteiger partial charge in [-0.1, -0.05) is 11.8 Å². The number of rotatable bonds is 5. The Kier molecular flexibility index (Phi) is 5.18. The normalized spacial score (nSPS) is 13.9. The van der Waals surface area contributed by atoms with Crippen LogP contribution in [0.15, 0.2) is 53.4 Å². The van der Waals surface area contributed by atoms with Crippen molar-refractivity contribution in [1.29, 1.82) is 0 Å². The van der Waals surface area contributed by atoms with E-state index in [9.17, 15) is 18.4 Å². The lowest BCUT2D eigenvalue weighted by atomic mass is 10.2. The summed E-state index contributed by atoms with van der Waals surface area (Å²) in [5.41, 5.74) is 1.59. The standard InChI is InChI=1S/C17H14F2N2O3S/c18-16(19)25-14-7-3-12(4-8-14)20-15(22)11-1-5-13(6-2-11)21-9-10-24-17(21)23/h1-8,16H,9-10H2,(H,20,22). The molecule has 0 bridgehead atoms. The van der Waals surface area contributed by atoms with E-state index in [1.165, 1.54) is 17.0 Å². The van der Waals surface area contributed by atoms with Crippen LogP contribution in [-0.4, -0.2) is 30.9 Å². The number of alkyl halides is 2. The molecule has 1 fully saturated rings. The van der Waals surface area contributed by atoms with Crippen LogP contribution in [-0.2, 0) is 4.74 Å². The molecule has 0 radical (unpaired) electrons. The number of nitrogens with zero attached hydrogens (tertiary/aromatic N) is 1. The van der Waals surface area contributed by atoms with Gasteiger partial charge in [0, 0.05) is 21.8 Å². The highest BCUT2D eigenvalue weighted by atomic mass is 32.2. The first-order valence-corrected chi connectivity index (χ1v) is 8.31. The molecule has 2 amide bonds. The van der Waals surface area contributed by atoms with E-state index in [0.29, 0.717) is 46.7 Å². The predicted octanol–water partition coefficient (Wildman–Crippen LogP) is 4.21. The molecule has 1 aliphatic rings. The number of hydrogen-bond donors (Lipinski definition) is 1. The van der Waals surface area contributed by atoms with Crippen molar-refractivity contribution >= 4 is 35.1 Å². The average molecular weight is 364 g/mol. The topological polar surface area (TPSA) is 58.6 Å². The molecule has 1 heterocycles. The number of benzene rings is 2. The van der Waals surface area contributed by atoms with Gasteiger partial charge < -0.3 is 10.1 Å². The molecule has 3 rings (SSSR count). The summed E-state index contributed by atoms with van der Waals surface area (Å²) in [7, 11) is 0. The van der Waals surface area contributed by atoms with Crippen LogP contribution in [0.25, 0.3) is 0 Å². The number of carbonyl (C=O) groups excluding carboxylic acids is 2. The smallest absolute Gasteiger partial charge is 0.414 e. The van der Waals surface area contributed by atoms with Crippen molar-refractivity contribution in [2.24, 2.45) is 0 Å². The van der Waals surface area contributed by atoms with Crippen LogP contribution >= 0.6 is 11.8 Å². The second kappa shape index (κ2) is 7.52. The molecule has 2 aromatic carbocycles. The van der Waals surface area contributed by atoms with Crippen LogP contribution in [0.5, 0.6) is 0 Å². The van der Waals surface area contributed by atoms with Gasteiger partial charge in [0.25, 0.3) is 11.7 Å². The van der Waals surface area contributed by atoms with Crippen LogP contribution in [0.1, 0.15) is 10.4 Å². The number of thioether (sulfide) groups is 1. The van der Waals surface area contributed by atoms with Crippen LogP contribution < -0.4 is 10.2 Å². The number of carbonyl (C=O) groups is 2. The third-order valence-electron chi connectivity index (χ3n) is 3.54. The Morgan fingerprint density at radius 3 is 2.36 bits per heavy atom. The maximum atomic E-state index is 12.3. The largest absolute Gasteiger partial charge is 0.447 e. The SMILES string of the molecule is O=C(Nc1ccc(SC(F)F)cc1)c1ccc(N2CCOC2=O)cc1. The molecular weight excluding hydrogens is 350 g/mol. The molecule has 25 heavy (non-hydrogen) atoms. The molecule has 0 aromatic heterocycles. The lowest BCUT2D eigenvalue weighted by Gasteiger charge is -2.13. The van der Waals surface area contributed by atoms with Crippen LogP contribution in [0.2, 0.25) is 0 Å². The molecule has 0 unspecified atom stereocenters. The van der Waals surface area contributed by atoms with Crippen molar-refractivity contribution in [1.82, 2.24) is 0 Å². The Balaban J connectivity index is 1.64. The van der Waals surface area contributed by atoms with Crippen molar-refractivity contribution in [3.05, 3.63) is 54.1 Å². The molecule has 2 aromatic rings. The number of hydrogen-bond acceptors (Lipinski definition) is 4. The van der Waals surface area contributed by atoms with Gasteiger partial charge in [-0.2, -0.15) is 8.78 Å². The van der Waals surface area contributed by atoms with Gasteiger partial charge in [0.15, 0.2) is 0 Å². The lowest BCUT2D eigenvalue weighted by Crippen LogP contribution is -2.23. The lowest BCUT2D eigenvalue weighted by molar-refractivity contribution is 0.102.